The number of hydrogen-bond donors (Lipinski definition) is 1. The second-order valence-corrected chi connectivity index (χ2v) is 5.39. The zero-order valence-electron chi connectivity index (χ0n) is 14.0. The standard InChI is InChI=1S/C16H22N4O3/c1-19(2)15(14-9-17-10-20(14)3)16(21)18-11-6-12(22-4)8-13(7-11)23-5/h6-10,15H,1-5H3,(H,18,21)/t15-/m0/s1. The van der Waals surface area contributed by atoms with Gasteiger partial charge in [0.15, 0.2) is 0 Å². The lowest BCUT2D eigenvalue weighted by molar-refractivity contribution is -0.120. The van der Waals surface area contributed by atoms with Gasteiger partial charge in [-0.2, -0.15) is 0 Å². The Bertz CT molecular complexity index is 659. The molecule has 0 saturated heterocycles. The van der Waals surface area contributed by atoms with Gasteiger partial charge in [-0.15, -0.1) is 0 Å². The molecule has 0 bridgehead atoms. The van der Waals surface area contributed by atoms with Crippen molar-refractivity contribution in [3.05, 3.63) is 36.4 Å². The molecule has 0 aliphatic carbocycles. The highest BCUT2D eigenvalue weighted by molar-refractivity contribution is 5.95. The second kappa shape index (κ2) is 7.15. The number of aryl methyl sites for hydroxylation is 1. The molecule has 124 valence electrons. The van der Waals surface area contributed by atoms with Crippen molar-refractivity contribution in [1.82, 2.24) is 14.5 Å². The summed E-state index contributed by atoms with van der Waals surface area (Å²) in [6, 6.07) is 4.78. The molecule has 0 aliphatic heterocycles. The average molecular weight is 318 g/mol. The Morgan fingerprint density at radius 3 is 2.26 bits per heavy atom. The molecule has 2 rings (SSSR count). The number of rotatable bonds is 6. The van der Waals surface area contributed by atoms with Crippen molar-refractivity contribution in [3.8, 4) is 11.5 Å². The van der Waals surface area contributed by atoms with Gasteiger partial charge in [0.2, 0.25) is 5.91 Å². The Balaban J connectivity index is 2.27. The number of amides is 1. The summed E-state index contributed by atoms with van der Waals surface area (Å²) in [4.78, 5) is 18.7. The van der Waals surface area contributed by atoms with Gasteiger partial charge in [-0.05, 0) is 14.1 Å². The Morgan fingerprint density at radius 2 is 1.83 bits per heavy atom. The number of imidazole rings is 1. The predicted molar refractivity (Wildman–Crippen MR) is 87.8 cm³/mol. The number of ether oxygens (including phenoxy) is 2. The lowest BCUT2D eigenvalue weighted by Gasteiger charge is -2.23. The van der Waals surface area contributed by atoms with E-state index >= 15 is 0 Å². The van der Waals surface area contributed by atoms with Crippen LogP contribution < -0.4 is 14.8 Å². The zero-order chi connectivity index (χ0) is 17.0. The number of aromatic nitrogens is 2. The van der Waals surface area contributed by atoms with E-state index in [9.17, 15) is 4.79 Å². The van der Waals surface area contributed by atoms with Gasteiger partial charge in [-0.3, -0.25) is 9.69 Å². The van der Waals surface area contributed by atoms with Gasteiger partial charge in [0.25, 0.3) is 0 Å². The molecule has 0 spiro atoms. The van der Waals surface area contributed by atoms with E-state index in [0.717, 1.165) is 5.69 Å². The number of carbonyl (C=O) groups is 1. The van der Waals surface area contributed by atoms with E-state index in [0.29, 0.717) is 17.2 Å². The number of anilines is 1. The maximum Gasteiger partial charge on any atom is 0.247 e. The highest BCUT2D eigenvalue weighted by Crippen LogP contribution is 2.27. The van der Waals surface area contributed by atoms with Crippen molar-refractivity contribution in [2.45, 2.75) is 6.04 Å². The Labute approximate surface area is 135 Å². The van der Waals surface area contributed by atoms with E-state index in [1.165, 1.54) is 0 Å². The van der Waals surface area contributed by atoms with E-state index in [2.05, 4.69) is 10.3 Å². The van der Waals surface area contributed by atoms with Gasteiger partial charge in [0.1, 0.15) is 17.5 Å². The van der Waals surface area contributed by atoms with Crippen molar-refractivity contribution >= 4 is 11.6 Å². The lowest BCUT2D eigenvalue weighted by Crippen LogP contribution is -2.33. The third kappa shape index (κ3) is 3.81. The molecule has 2 aromatic rings. The first-order valence-corrected chi connectivity index (χ1v) is 7.12. The van der Waals surface area contributed by atoms with Crippen molar-refractivity contribution in [3.63, 3.8) is 0 Å². The number of benzene rings is 1. The van der Waals surface area contributed by atoms with Crippen LogP contribution in [-0.4, -0.2) is 48.7 Å². The molecule has 0 saturated carbocycles. The van der Waals surface area contributed by atoms with E-state index in [4.69, 9.17) is 9.47 Å². The lowest BCUT2D eigenvalue weighted by atomic mass is 10.1. The Kier molecular flexibility index (Phi) is 5.23. The number of hydrogen-bond acceptors (Lipinski definition) is 5. The summed E-state index contributed by atoms with van der Waals surface area (Å²) in [5.74, 6) is 1.07. The normalized spacial score (nSPS) is 12.1. The SMILES string of the molecule is COc1cc(NC(=O)[C@H](c2cncn2C)N(C)C)cc(OC)c1. The van der Waals surface area contributed by atoms with Gasteiger partial charge >= 0.3 is 0 Å². The topological polar surface area (TPSA) is 68.6 Å². The average Bonchev–Trinajstić information content (AvgIpc) is 2.92. The smallest absolute Gasteiger partial charge is 0.247 e. The largest absolute Gasteiger partial charge is 0.497 e. The molecule has 7 nitrogen and oxygen atoms in total. The van der Waals surface area contributed by atoms with Crippen LogP contribution in [0.5, 0.6) is 11.5 Å². The summed E-state index contributed by atoms with van der Waals surface area (Å²) in [6.07, 6.45) is 3.37. The molecule has 1 amide bonds. The summed E-state index contributed by atoms with van der Waals surface area (Å²) >= 11 is 0. The van der Waals surface area contributed by atoms with Gasteiger partial charge in [-0.1, -0.05) is 0 Å². The molecule has 0 fully saturated rings. The fourth-order valence-corrected chi connectivity index (χ4v) is 2.35. The minimum atomic E-state index is -0.459. The van der Waals surface area contributed by atoms with Crippen molar-refractivity contribution in [1.29, 1.82) is 0 Å². The van der Waals surface area contributed by atoms with Crippen LogP contribution in [0, 0.1) is 0 Å². The molecule has 1 N–H and O–H groups in total. The molecule has 0 aliphatic rings. The van der Waals surface area contributed by atoms with Crippen LogP contribution in [0.2, 0.25) is 0 Å². The van der Waals surface area contributed by atoms with E-state index in [1.807, 2.05) is 30.6 Å². The number of carbonyl (C=O) groups excluding carboxylic acids is 1. The molecule has 23 heavy (non-hydrogen) atoms. The van der Waals surface area contributed by atoms with Crippen LogP contribution in [0.15, 0.2) is 30.7 Å². The van der Waals surface area contributed by atoms with Crippen LogP contribution in [0.1, 0.15) is 11.7 Å². The van der Waals surface area contributed by atoms with E-state index in [1.54, 1.807) is 44.9 Å². The Morgan fingerprint density at radius 1 is 1.22 bits per heavy atom. The van der Waals surface area contributed by atoms with Gasteiger partial charge in [0.05, 0.1) is 32.4 Å². The monoisotopic (exact) mass is 318 g/mol. The quantitative estimate of drug-likeness (QED) is 0.877. The summed E-state index contributed by atoms with van der Waals surface area (Å²) in [6.45, 7) is 0. The molecular weight excluding hydrogens is 296 g/mol. The van der Waals surface area contributed by atoms with Crippen molar-refractivity contribution < 1.29 is 14.3 Å². The maximum absolute atomic E-state index is 12.7. The summed E-state index contributed by atoms with van der Waals surface area (Å²) in [7, 11) is 8.70. The van der Waals surface area contributed by atoms with Gasteiger partial charge in [0, 0.05) is 30.9 Å². The van der Waals surface area contributed by atoms with Crippen LogP contribution >= 0.6 is 0 Å². The molecule has 1 heterocycles. The maximum atomic E-state index is 12.7. The molecule has 0 unspecified atom stereocenters. The number of likely N-dealkylation sites (N-methyl/N-ethyl adjacent to an activating group) is 1. The van der Waals surface area contributed by atoms with Crippen molar-refractivity contribution in [2.75, 3.05) is 33.6 Å². The minimum Gasteiger partial charge on any atom is -0.497 e. The van der Waals surface area contributed by atoms with E-state index < -0.39 is 6.04 Å². The summed E-state index contributed by atoms with van der Waals surface area (Å²) in [5, 5.41) is 2.91. The molecule has 1 aromatic heterocycles. The third-order valence-corrected chi connectivity index (χ3v) is 3.52. The van der Waals surface area contributed by atoms with Crippen LogP contribution in [0.25, 0.3) is 0 Å². The van der Waals surface area contributed by atoms with Gasteiger partial charge in [-0.25, -0.2) is 4.98 Å². The highest BCUT2D eigenvalue weighted by atomic mass is 16.5. The van der Waals surface area contributed by atoms with Crippen LogP contribution in [0.3, 0.4) is 0 Å². The fraction of sp³-hybridized carbons (Fsp3) is 0.375. The molecule has 0 radical (unpaired) electrons. The first-order valence-electron chi connectivity index (χ1n) is 7.12. The summed E-state index contributed by atoms with van der Waals surface area (Å²) in [5.41, 5.74) is 1.42. The zero-order valence-corrected chi connectivity index (χ0v) is 14.0. The summed E-state index contributed by atoms with van der Waals surface area (Å²) < 4.78 is 12.3. The number of methoxy groups -OCH3 is 2. The number of nitrogens with zero attached hydrogens (tertiary/aromatic N) is 3. The van der Waals surface area contributed by atoms with E-state index in [-0.39, 0.29) is 5.91 Å². The highest BCUT2D eigenvalue weighted by Gasteiger charge is 2.25. The molecule has 1 aromatic carbocycles. The fourth-order valence-electron chi connectivity index (χ4n) is 2.35. The first-order chi connectivity index (χ1) is 11.0. The van der Waals surface area contributed by atoms with Crippen molar-refractivity contribution in [2.24, 2.45) is 7.05 Å². The van der Waals surface area contributed by atoms with Gasteiger partial charge < -0.3 is 19.4 Å². The predicted octanol–water partition coefficient (Wildman–Crippen LogP) is 1.68. The minimum absolute atomic E-state index is 0.158. The molecule has 1 atom stereocenters. The molecule has 7 heteroatoms. The number of nitrogens with one attached hydrogen (secondary N) is 1. The first kappa shape index (κ1) is 16.8. The van der Waals surface area contributed by atoms with Crippen LogP contribution in [0.4, 0.5) is 5.69 Å². The second-order valence-electron chi connectivity index (χ2n) is 5.39. The van der Waals surface area contributed by atoms with Crippen LogP contribution in [-0.2, 0) is 11.8 Å². The third-order valence-electron chi connectivity index (χ3n) is 3.52. The molecular formula is C16H22N4O3. The Hall–Kier alpha value is -2.54.